The summed E-state index contributed by atoms with van der Waals surface area (Å²) in [5.41, 5.74) is 3.49. The Balaban J connectivity index is 2.13. The third-order valence-electron chi connectivity index (χ3n) is 4.39. The predicted molar refractivity (Wildman–Crippen MR) is 73.8 cm³/mol. The van der Waals surface area contributed by atoms with Gasteiger partial charge in [-0.3, -0.25) is 15.2 Å². The van der Waals surface area contributed by atoms with Crippen LogP contribution in [0.3, 0.4) is 0 Å². The van der Waals surface area contributed by atoms with Gasteiger partial charge in [0, 0.05) is 0 Å². The maximum absolute atomic E-state index is 11.0. The van der Waals surface area contributed by atoms with E-state index in [0.29, 0.717) is 5.06 Å². The molecule has 0 bridgehead atoms. The standard InChI is InChI=1S/C9H16N6O8S/c10-6-12-5-3(2-16)15(19)7(11)14-1-4(23-24(20,21)22)9(17,18)8(5,14)13-6/h3-5,11,16-19H,1-2H2,(H3,10,12,13)(H,20,21,22)/t3-,4+,5-,8-/m0/s1. The first kappa shape index (κ1) is 17.1. The van der Waals surface area contributed by atoms with Crippen LogP contribution in [0, 0.1) is 5.41 Å². The quantitative estimate of drug-likeness (QED) is 0.173. The number of guanidine groups is 2. The normalized spacial score (nSPS) is 37.8. The lowest BCUT2D eigenvalue weighted by atomic mass is 9.85. The molecule has 0 unspecified atom stereocenters. The Hall–Kier alpha value is -1.75. The fraction of sp³-hybridized carbons (Fsp3) is 0.778. The van der Waals surface area contributed by atoms with Crippen molar-refractivity contribution in [1.29, 1.82) is 5.41 Å². The van der Waals surface area contributed by atoms with E-state index in [0.717, 1.165) is 4.90 Å². The number of nitrogens with two attached hydrogens (primary N) is 1. The minimum absolute atomic E-state index is 0.286. The van der Waals surface area contributed by atoms with Crippen LogP contribution in [0.15, 0.2) is 4.99 Å². The molecule has 9 N–H and O–H groups in total. The SMILES string of the molecule is N=C1N(O)[C@@H](CO)[C@@H]2N=C(N)N[C@]23N1C[C@@H](OS(=O)(=O)O)C3(O)O. The summed E-state index contributed by atoms with van der Waals surface area (Å²) in [7, 11) is -5.06. The van der Waals surface area contributed by atoms with Crippen LogP contribution in [0.2, 0.25) is 0 Å². The molecule has 2 saturated heterocycles. The maximum Gasteiger partial charge on any atom is 0.397 e. The molecule has 3 aliphatic heterocycles. The minimum Gasteiger partial charge on any atom is -0.394 e. The first-order chi connectivity index (χ1) is 11.0. The number of nitrogens with zero attached hydrogens (tertiary/aromatic N) is 3. The summed E-state index contributed by atoms with van der Waals surface area (Å²) in [6.45, 7) is -1.34. The summed E-state index contributed by atoms with van der Waals surface area (Å²) in [5, 5.41) is 51.3. The molecular formula is C9H16N6O8S. The Labute approximate surface area is 135 Å². The van der Waals surface area contributed by atoms with E-state index >= 15 is 0 Å². The maximum atomic E-state index is 11.0. The van der Waals surface area contributed by atoms with Crippen LogP contribution in [-0.2, 0) is 14.6 Å². The zero-order chi connectivity index (χ0) is 18.1. The second kappa shape index (κ2) is 4.88. The van der Waals surface area contributed by atoms with E-state index in [1.807, 2.05) is 0 Å². The van der Waals surface area contributed by atoms with Crippen molar-refractivity contribution < 1.29 is 37.7 Å². The van der Waals surface area contributed by atoms with Gasteiger partial charge in [-0.2, -0.15) is 8.42 Å². The first-order valence-corrected chi connectivity index (χ1v) is 7.99. The molecule has 2 fully saturated rings. The van der Waals surface area contributed by atoms with E-state index in [4.69, 9.17) is 15.7 Å². The molecule has 3 rings (SSSR count). The van der Waals surface area contributed by atoms with E-state index in [1.54, 1.807) is 0 Å². The highest BCUT2D eigenvalue weighted by atomic mass is 32.3. The van der Waals surface area contributed by atoms with Crippen LogP contribution in [0.1, 0.15) is 0 Å². The molecule has 0 radical (unpaired) electrons. The van der Waals surface area contributed by atoms with Gasteiger partial charge in [0.05, 0.1) is 13.2 Å². The van der Waals surface area contributed by atoms with Gasteiger partial charge in [-0.05, 0) is 0 Å². The number of aliphatic hydroxyl groups excluding tert-OH is 1. The second-order valence-electron chi connectivity index (χ2n) is 5.62. The Morgan fingerprint density at radius 2 is 2.12 bits per heavy atom. The van der Waals surface area contributed by atoms with E-state index in [2.05, 4.69) is 14.5 Å². The second-order valence-corrected chi connectivity index (χ2v) is 6.67. The number of rotatable bonds is 3. The molecule has 136 valence electrons. The molecule has 3 aliphatic rings. The van der Waals surface area contributed by atoms with Crippen LogP contribution in [0.4, 0.5) is 0 Å². The number of aliphatic hydroxyl groups is 3. The van der Waals surface area contributed by atoms with Crippen molar-refractivity contribution in [1.82, 2.24) is 15.3 Å². The Bertz CT molecular complexity index is 711. The lowest BCUT2D eigenvalue weighted by molar-refractivity contribution is -0.265. The van der Waals surface area contributed by atoms with Crippen LogP contribution < -0.4 is 11.1 Å². The van der Waals surface area contributed by atoms with Crippen molar-refractivity contribution >= 4 is 22.3 Å². The summed E-state index contributed by atoms with van der Waals surface area (Å²) in [6, 6.07) is -2.57. The van der Waals surface area contributed by atoms with Crippen LogP contribution in [0.5, 0.6) is 0 Å². The molecule has 0 amide bonds. The molecule has 4 atom stereocenters. The highest BCUT2D eigenvalue weighted by Crippen LogP contribution is 2.46. The highest BCUT2D eigenvalue weighted by Gasteiger charge is 2.75. The molecule has 3 heterocycles. The average molecular weight is 368 g/mol. The van der Waals surface area contributed by atoms with Crippen molar-refractivity contribution in [2.75, 3.05) is 13.2 Å². The van der Waals surface area contributed by atoms with Gasteiger partial charge < -0.3 is 31.3 Å². The van der Waals surface area contributed by atoms with Gasteiger partial charge in [-0.15, -0.1) is 0 Å². The van der Waals surface area contributed by atoms with Gasteiger partial charge in [0.15, 0.2) is 17.7 Å². The third kappa shape index (κ3) is 2.00. The summed E-state index contributed by atoms with van der Waals surface area (Å²) in [6.07, 6.45) is -1.94. The predicted octanol–water partition coefficient (Wildman–Crippen LogP) is -4.85. The van der Waals surface area contributed by atoms with E-state index in [1.165, 1.54) is 0 Å². The summed E-state index contributed by atoms with van der Waals surface area (Å²) in [4.78, 5) is 4.78. The largest absolute Gasteiger partial charge is 0.397 e. The monoisotopic (exact) mass is 368 g/mol. The molecule has 0 aromatic carbocycles. The topological polar surface area (TPSA) is 225 Å². The van der Waals surface area contributed by atoms with Gasteiger partial charge >= 0.3 is 10.4 Å². The fourth-order valence-electron chi connectivity index (χ4n) is 3.42. The molecular weight excluding hydrogens is 352 g/mol. The van der Waals surface area contributed by atoms with E-state index in [9.17, 15) is 28.9 Å². The number of hydrogen-bond acceptors (Lipinski definition) is 11. The van der Waals surface area contributed by atoms with Gasteiger partial charge in [0.25, 0.3) is 0 Å². The third-order valence-corrected chi connectivity index (χ3v) is 4.86. The van der Waals surface area contributed by atoms with Crippen molar-refractivity contribution in [3.8, 4) is 0 Å². The summed E-state index contributed by atoms with van der Waals surface area (Å²) >= 11 is 0. The van der Waals surface area contributed by atoms with Gasteiger partial charge in [-0.1, -0.05) is 0 Å². The fourth-order valence-corrected chi connectivity index (χ4v) is 3.91. The van der Waals surface area contributed by atoms with Gasteiger partial charge in [0.1, 0.15) is 12.1 Å². The Kier molecular flexibility index (Phi) is 3.48. The van der Waals surface area contributed by atoms with Crippen LogP contribution in [0.25, 0.3) is 0 Å². The number of hydroxylamine groups is 2. The number of nitrogens with one attached hydrogen (secondary N) is 2. The number of aliphatic imine (C=N–C) groups is 1. The van der Waals surface area contributed by atoms with Crippen molar-refractivity contribution in [3.05, 3.63) is 0 Å². The van der Waals surface area contributed by atoms with Gasteiger partial charge in [-0.25, -0.2) is 14.2 Å². The zero-order valence-electron chi connectivity index (χ0n) is 11.9. The summed E-state index contributed by atoms with van der Waals surface area (Å²) < 4.78 is 35.1. The van der Waals surface area contributed by atoms with Crippen molar-refractivity contribution in [2.24, 2.45) is 10.7 Å². The highest BCUT2D eigenvalue weighted by molar-refractivity contribution is 7.80. The molecule has 0 aliphatic carbocycles. The Morgan fingerprint density at radius 1 is 1.50 bits per heavy atom. The Morgan fingerprint density at radius 3 is 2.67 bits per heavy atom. The van der Waals surface area contributed by atoms with Crippen molar-refractivity contribution in [2.45, 2.75) is 29.6 Å². The summed E-state index contributed by atoms with van der Waals surface area (Å²) in [5.74, 6) is -3.98. The zero-order valence-corrected chi connectivity index (χ0v) is 12.8. The smallest absolute Gasteiger partial charge is 0.394 e. The molecule has 24 heavy (non-hydrogen) atoms. The average Bonchev–Trinajstić information content (AvgIpc) is 2.89. The van der Waals surface area contributed by atoms with Crippen molar-refractivity contribution in [3.63, 3.8) is 0 Å². The number of hydrogen-bond donors (Lipinski definition) is 8. The van der Waals surface area contributed by atoms with Crippen LogP contribution >= 0.6 is 0 Å². The van der Waals surface area contributed by atoms with Gasteiger partial charge in [0.2, 0.25) is 11.7 Å². The molecule has 14 nitrogen and oxygen atoms in total. The van der Waals surface area contributed by atoms with E-state index in [-0.39, 0.29) is 5.96 Å². The molecule has 0 aromatic heterocycles. The lowest BCUT2D eigenvalue weighted by Crippen LogP contribution is -2.80. The molecule has 0 aromatic rings. The molecule has 15 heteroatoms. The minimum atomic E-state index is -5.06. The molecule has 1 spiro atoms. The lowest BCUT2D eigenvalue weighted by Gasteiger charge is -2.52. The van der Waals surface area contributed by atoms with Crippen LogP contribution in [-0.4, -0.2) is 98.2 Å². The first-order valence-electron chi connectivity index (χ1n) is 6.62. The molecule has 0 saturated carbocycles. The van der Waals surface area contributed by atoms with E-state index < -0.39 is 59.1 Å².